The Hall–Kier alpha value is -5.34. The number of Topliss-reactive ketones (excluding diaryl/α,β-unsaturated/α-hetero) is 2. The predicted octanol–water partition coefficient (Wildman–Crippen LogP) is 6.23. The SMILES string of the molecule is Cc1cccc(C2[C@@H](C(=O)c3ccccc3)CN(CCNC(=O)Cc3cc(=O)oc4cc(N(C)C)ccc34)C[C@@H]2C(=O)c2ccccc2)c1C. The highest BCUT2D eigenvalue weighted by Gasteiger charge is 2.45. The van der Waals surface area contributed by atoms with Crippen LogP contribution in [-0.2, 0) is 11.2 Å². The van der Waals surface area contributed by atoms with E-state index in [1.54, 1.807) is 6.07 Å². The molecule has 1 saturated heterocycles. The lowest BCUT2D eigenvalue weighted by atomic mass is 9.67. The van der Waals surface area contributed by atoms with E-state index >= 15 is 0 Å². The monoisotopic (exact) mass is 669 g/mol. The number of nitrogens with zero attached hydrogens (tertiary/aromatic N) is 2. The van der Waals surface area contributed by atoms with Gasteiger partial charge in [-0.05, 0) is 48.2 Å². The van der Waals surface area contributed by atoms with E-state index in [2.05, 4.69) is 36.2 Å². The second-order valence-corrected chi connectivity index (χ2v) is 13.4. The van der Waals surface area contributed by atoms with Crippen molar-refractivity contribution in [2.45, 2.75) is 26.2 Å². The fraction of sp³-hybridized carbons (Fsp3) is 0.286. The molecule has 2 heterocycles. The zero-order valence-electron chi connectivity index (χ0n) is 29.0. The molecule has 4 aromatic carbocycles. The molecule has 0 spiro atoms. The molecule has 50 heavy (non-hydrogen) atoms. The molecule has 6 rings (SSSR count). The number of anilines is 1. The first kappa shape index (κ1) is 34.5. The van der Waals surface area contributed by atoms with Crippen LogP contribution in [-0.4, -0.2) is 62.6 Å². The van der Waals surface area contributed by atoms with Gasteiger partial charge in [0.15, 0.2) is 11.6 Å². The van der Waals surface area contributed by atoms with Gasteiger partial charge in [0, 0.05) is 92.4 Å². The van der Waals surface area contributed by atoms with Crippen LogP contribution in [0.25, 0.3) is 11.0 Å². The molecule has 0 bridgehead atoms. The summed E-state index contributed by atoms with van der Waals surface area (Å²) >= 11 is 0. The zero-order chi connectivity index (χ0) is 35.4. The number of benzene rings is 4. The van der Waals surface area contributed by atoms with Gasteiger partial charge in [-0.1, -0.05) is 78.9 Å². The lowest BCUT2D eigenvalue weighted by Crippen LogP contribution is -2.52. The van der Waals surface area contributed by atoms with Gasteiger partial charge in [0.25, 0.3) is 0 Å². The van der Waals surface area contributed by atoms with Crippen molar-refractivity contribution in [2.75, 3.05) is 45.2 Å². The Labute approximate surface area is 292 Å². The topological polar surface area (TPSA) is 99.9 Å². The zero-order valence-corrected chi connectivity index (χ0v) is 29.0. The number of carbonyl (C=O) groups is 3. The van der Waals surface area contributed by atoms with Gasteiger partial charge in [0.2, 0.25) is 5.91 Å². The minimum absolute atomic E-state index is 0.00307. The van der Waals surface area contributed by atoms with Gasteiger partial charge in [-0.2, -0.15) is 0 Å². The van der Waals surface area contributed by atoms with E-state index in [1.165, 1.54) is 6.07 Å². The third kappa shape index (κ3) is 7.45. The van der Waals surface area contributed by atoms with Crippen LogP contribution in [0.3, 0.4) is 0 Å². The van der Waals surface area contributed by atoms with Crippen LogP contribution in [0.2, 0.25) is 0 Å². The third-order valence-corrected chi connectivity index (χ3v) is 10.0. The van der Waals surface area contributed by atoms with Gasteiger partial charge in [-0.3, -0.25) is 14.4 Å². The molecule has 1 N–H and O–H groups in total. The van der Waals surface area contributed by atoms with Gasteiger partial charge in [-0.25, -0.2) is 4.79 Å². The van der Waals surface area contributed by atoms with Crippen LogP contribution >= 0.6 is 0 Å². The second kappa shape index (κ2) is 15.0. The molecule has 256 valence electrons. The van der Waals surface area contributed by atoms with Crippen molar-refractivity contribution in [3.8, 4) is 0 Å². The Kier molecular flexibility index (Phi) is 10.4. The highest BCUT2D eigenvalue weighted by Crippen LogP contribution is 2.42. The van der Waals surface area contributed by atoms with Gasteiger partial charge in [-0.15, -0.1) is 0 Å². The van der Waals surface area contributed by atoms with Crippen molar-refractivity contribution in [2.24, 2.45) is 11.8 Å². The Morgan fingerprint density at radius 1 is 0.800 bits per heavy atom. The molecule has 8 nitrogen and oxygen atoms in total. The van der Waals surface area contributed by atoms with Crippen molar-refractivity contribution >= 4 is 34.1 Å². The highest BCUT2D eigenvalue weighted by atomic mass is 16.4. The Bertz CT molecular complexity index is 2010. The molecule has 0 aliphatic carbocycles. The van der Waals surface area contributed by atoms with Gasteiger partial charge in [0.05, 0.1) is 6.42 Å². The first-order valence-electron chi connectivity index (χ1n) is 17.1. The largest absolute Gasteiger partial charge is 0.423 e. The van der Waals surface area contributed by atoms with Crippen LogP contribution in [0.4, 0.5) is 5.69 Å². The van der Waals surface area contributed by atoms with E-state index in [-0.39, 0.29) is 29.8 Å². The van der Waals surface area contributed by atoms with Crippen LogP contribution in [0.1, 0.15) is 48.9 Å². The van der Waals surface area contributed by atoms with Crippen molar-refractivity contribution in [1.82, 2.24) is 10.2 Å². The Morgan fingerprint density at radius 2 is 1.42 bits per heavy atom. The number of aryl methyl sites for hydroxylation is 1. The summed E-state index contributed by atoms with van der Waals surface area (Å²) < 4.78 is 5.44. The molecule has 2 atom stereocenters. The summed E-state index contributed by atoms with van der Waals surface area (Å²) in [6.07, 6.45) is 0.0162. The molecule has 0 radical (unpaired) electrons. The number of rotatable bonds is 11. The number of amides is 1. The molecule has 0 unspecified atom stereocenters. The maximum atomic E-state index is 14.4. The minimum atomic E-state index is -0.508. The molecule has 8 heteroatoms. The predicted molar refractivity (Wildman–Crippen MR) is 197 cm³/mol. The summed E-state index contributed by atoms with van der Waals surface area (Å²) in [6.45, 7) is 5.78. The number of ketones is 2. The lowest BCUT2D eigenvalue weighted by Gasteiger charge is -2.43. The van der Waals surface area contributed by atoms with E-state index in [0.29, 0.717) is 53.8 Å². The van der Waals surface area contributed by atoms with E-state index < -0.39 is 17.5 Å². The molecule has 1 aromatic heterocycles. The van der Waals surface area contributed by atoms with Gasteiger partial charge < -0.3 is 19.5 Å². The summed E-state index contributed by atoms with van der Waals surface area (Å²) in [4.78, 5) is 58.4. The number of fused-ring (bicyclic) bond motifs is 1. The second-order valence-electron chi connectivity index (χ2n) is 13.4. The first-order chi connectivity index (χ1) is 24.1. The number of hydrogen-bond donors (Lipinski definition) is 1. The smallest absolute Gasteiger partial charge is 0.336 e. The molecule has 5 aromatic rings. The molecule has 1 aliphatic heterocycles. The van der Waals surface area contributed by atoms with E-state index in [9.17, 15) is 19.2 Å². The normalized spacial score (nSPS) is 16.6. The van der Waals surface area contributed by atoms with Crippen LogP contribution < -0.4 is 15.8 Å². The maximum absolute atomic E-state index is 14.4. The molecular formula is C42H43N3O5. The molecule has 0 saturated carbocycles. The summed E-state index contributed by atoms with van der Waals surface area (Å²) in [5, 5.41) is 3.72. The fourth-order valence-electron chi connectivity index (χ4n) is 7.25. The van der Waals surface area contributed by atoms with Gasteiger partial charge in [0.1, 0.15) is 5.58 Å². The van der Waals surface area contributed by atoms with Crippen molar-refractivity contribution in [3.63, 3.8) is 0 Å². The molecule has 1 fully saturated rings. The minimum Gasteiger partial charge on any atom is -0.423 e. The summed E-state index contributed by atoms with van der Waals surface area (Å²) in [7, 11) is 3.81. The van der Waals surface area contributed by atoms with E-state index in [4.69, 9.17) is 4.42 Å². The first-order valence-corrected chi connectivity index (χ1v) is 17.1. The fourth-order valence-corrected chi connectivity index (χ4v) is 7.25. The number of piperidine rings is 1. The van der Waals surface area contributed by atoms with Crippen molar-refractivity contribution in [3.05, 3.63) is 147 Å². The number of likely N-dealkylation sites (tertiary alicyclic amines) is 1. The molecule has 1 aliphatic rings. The highest BCUT2D eigenvalue weighted by molar-refractivity contribution is 6.02. The number of hydrogen-bond acceptors (Lipinski definition) is 7. The molecule has 1 amide bonds. The van der Waals surface area contributed by atoms with Crippen molar-refractivity contribution < 1.29 is 18.8 Å². The molecular weight excluding hydrogens is 626 g/mol. The maximum Gasteiger partial charge on any atom is 0.336 e. The van der Waals surface area contributed by atoms with Crippen molar-refractivity contribution in [1.29, 1.82) is 0 Å². The average Bonchev–Trinajstić information content (AvgIpc) is 3.12. The Balaban J connectivity index is 1.26. The van der Waals surface area contributed by atoms with Gasteiger partial charge >= 0.3 is 5.63 Å². The van der Waals surface area contributed by atoms with Crippen LogP contribution in [0.15, 0.2) is 112 Å². The summed E-state index contributed by atoms with van der Waals surface area (Å²) in [6, 6.07) is 31.7. The quantitative estimate of drug-likeness (QED) is 0.132. The lowest BCUT2D eigenvalue weighted by molar-refractivity contribution is -0.120. The standard InChI is InChI=1S/C42H43N3O5/c1-27-12-11-17-33(28(27)2)40-35(41(48)29-13-7-5-8-14-29)25-45(26-36(40)42(49)30-15-9-6-10-16-30)21-20-43-38(46)22-31-23-39(47)50-37-24-32(44(3)4)18-19-34(31)37/h5-19,23-24,35-36,40H,20-22,25-26H2,1-4H3,(H,43,46)/t35-,36-/m0/s1. The Morgan fingerprint density at radius 3 is 2.02 bits per heavy atom. The van der Waals surface area contributed by atoms with E-state index in [1.807, 2.05) is 97.9 Å². The summed E-state index contributed by atoms with van der Waals surface area (Å²) in [5.74, 6) is -1.52. The number of carbonyl (C=O) groups excluding carboxylic acids is 3. The average molecular weight is 670 g/mol. The van der Waals surface area contributed by atoms with E-state index in [0.717, 1.165) is 22.4 Å². The third-order valence-electron chi connectivity index (χ3n) is 10.0. The number of nitrogens with one attached hydrogen (secondary N) is 1. The summed E-state index contributed by atoms with van der Waals surface area (Å²) in [5.41, 5.74) is 5.87. The van der Waals surface area contributed by atoms with Crippen LogP contribution in [0, 0.1) is 25.7 Å². The van der Waals surface area contributed by atoms with Crippen LogP contribution in [0.5, 0.6) is 0 Å².